The number of hydrogen-bond donors (Lipinski definition) is 1. The van der Waals surface area contributed by atoms with Gasteiger partial charge in [0, 0.05) is 6.04 Å². The lowest BCUT2D eigenvalue weighted by Crippen LogP contribution is -2.06. The third-order valence-corrected chi connectivity index (χ3v) is 3.16. The molecule has 2 N–H and O–H groups in total. The number of ether oxygens (including phenoxy) is 2. The molecule has 1 aromatic rings. The molecule has 1 rings (SSSR count). The van der Waals surface area contributed by atoms with Crippen molar-refractivity contribution in [2.45, 2.75) is 19.4 Å². The third kappa shape index (κ3) is 4.48. The molecule has 3 nitrogen and oxygen atoms in total. The minimum Gasteiger partial charge on any atom is -0.493 e. The maximum absolute atomic E-state index is 5.83. The van der Waals surface area contributed by atoms with Gasteiger partial charge < -0.3 is 15.2 Å². The summed E-state index contributed by atoms with van der Waals surface area (Å²) in [5, 5.41) is 0. The van der Waals surface area contributed by atoms with Gasteiger partial charge in [0.15, 0.2) is 11.5 Å². The van der Waals surface area contributed by atoms with Crippen molar-refractivity contribution in [2.75, 3.05) is 25.7 Å². The molecule has 0 radical (unpaired) electrons. The van der Waals surface area contributed by atoms with E-state index in [-0.39, 0.29) is 6.04 Å². The molecule has 0 bridgehead atoms. The van der Waals surface area contributed by atoms with Crippen LogP contribution in [0, 0.1) is 0 Å². The number of thioether (sulfide) groups is 1. The second kappa shape index (κ2) is 7.45. The van der Waals surface area contributed by atoms with Crippen molar-refractivity contribution in [1.82, 2.24) is 0 Å². The highest BCUT2D eigenvalue weighted by Crippen LogP contribution is 2.29. The van der Waals surface area contributed by atoms with Crippen LogP contribution >= 0.6 is 11.8 Å². The summed E-state index contributed by atoms with van der Waals surface area (Å²) >= 11 is 1.83. The molecule has 0 aliphatic heterocycles. The van der Waals surface area contributed by atoms with Gasteiger partial charge in [0.2, 0.25) is 0 Å². The second-order valence-corrected chi connectivity index (χ2v) is 4.88. The van der Waals surface area contributed by atoms with Gasteiger partial charge in [-0.3, -0.25) is 0 Å². The van der Waals surface area contributed by atoms with Gasteiger partial charge in [0.25, 0.3) is 0 Å². The van der Waals surface area contributed by atoms with E-state index in [0.717, 1.165) is 29.2 Å². The molecule has 96 valence electrons. The molecule has 0 aliphatic carbocycles. The molecule has 0 spiro atoms. The van der Waals surface area contributed by atoms with Crippen molar-refractivity contribution in [2.24, 2.45) is 5.73 Å². The summed E-state index contributed by atoms with van der Waals surface area (Å²) in [6, 6.07) is 5.86. The molecule has 0 saturated carbocycles. The summed E-state index contributed by atoms with van der Waals surface area (Å²) < 4.78 is 11.0. The highest BCUT2D eigenvalue weighted by atomic mass is 32.2. The largest absolute Gasteiger partial charge is 0.493 e. The minimum absolute atomic E-state index is 0.00874. The SMILES string of the molecule is COc1cc([C@H](C)N)ccc1OCCCSC. The Morgan fingerprint density at radius 2 is 2.12 bits per heavy atom. The number of nitrogens with two attached hydrogens (primary N) is 1. The van der Waals surface area contributed by atoms with Gasteiger partial charge in [-0.05, 0) is 43.0 Å². The van der Waals surface area contributed by atoms with E-state index >= 15 is 0 Å². The van der Waals surface area contributed by atoms with Gasteiger partial charge >= 0.3 is 0 Å². The molecule has 4 heteroatoms. The fraction of sp³-hybridized carbons (Fsp3) is 0.538. The predicted octanol–water partition coefficient (Wildman–Crippen LogP) is 2.85. The van der Waals surface area contributed by atoms with E-state index in [1.807, 2.05) is 36.9 Å². The molecule has 0 unspecified atom stereocenters. The van der Waals surface area contributed by atoms with Gasteiger partial charge in [-0.2, -0.15) is 11.8 Å². The number of methoxy groups -OCH3 is 1. The van der Waals surface area contributed by atoms with Crippen LogP contribution in [0.3, 0.4) is 0 Å². The van der Waals surface area contributed by atoms with E-state index in [2.05, 4.69) is 6.26 Å². The average molecular weight is 255 g/mol. The van der Waals surface area contributed by atoms with Crippen molar-refractivity contribution < 1.29 is 9.47 Å². The smallest absolute Gasteiger partial charge is 0.161 e. The zero-order chi connectivity index (χ0) is 12.7. The van der Waals surface area contributed by atoms with Gasteiger partial charge in [-0.1, -0.05) is 6.07 Å². The van der Waals surface area contributed by atoms with E-state index in [9.17, 15) is 0 Å². The number of hydrogen-bond acceptors (Lipinski definition) is 4. The molecular weight excluding hydrogens is 234 g/mol. The minimum atomic E-state index is 0.00874. The second-order valence-electron chi connectivity index (χ2n) is 3.89. The van der Waals surface area contributed by atoms with Crippen LogP contribution in [0.15, 0.2) is 18.2 Å². The summed E-state index contributed by atoms with van der Waals surface area (Å²) in [5.74, 6) is 2.65. The Morgan fingerprint density at radius 1 is 1.35 bits per heavy atom. The van der Waals surface area contributed by atoms with Gasteiger partial charge in [-0.15, -0.1) is 0 Å². The van der Waals surface area contributed by atoms with Gasteiger partial charge in [-0.25, -0.2) is 0 Å². The van der Waals surface area contributed by atoms with Crippen molar-refractivity contribution in [3.05, 3.63) is 23.8 Å². The number of benzene rings is 1. The highest BCUT2D eigenvalue weighted by Gasteiger charge is 2.07. The summed E-state index contributed by atoms with van der Waals surface area (Å²) in [6.07, 6.45) is 3.14. The summed E-state index contributed by atoms with van der Waals surface area (Å²) in [7, 11) is 1.65. The maximum atomic E-state index is 5.83. The zero-order valence-corrected chi connectivity index (χ0v) is 11.5. The summed E-state index contributed by atoms with van der Waals surface area (Å²) in [5.41, 5.74) is 6.88. The molecule has 0 aliphatic rings. The zero-order valence-electron chi connectivity index (χ0n) is 10.7. The molecular formula is C13H21NO2S. The van der Waals surface area contributed by atoms with Crippen LogP contribution in [0.1, 0.15) is 24.9 Å². The Labute approximate surface area is 108 Å². The molecule has 0 aromatic heterocycles. The average Bonchev–Trinajstić information content (AvgIpc) is 2.34. The first-order valence-electron chi connectivity index (χ1n) is 5.74. The molecule has 1 atom stereocenters. The third-order valence-electron chi connectivity index (χ3n) is 2.46. The fourth-order valence-corrected chi connectivity index (χ4v) is 1.88. The molecule has 0 heterocycles. The van der Waals surface area contributed by atoms with Crippen LogP contribution < -0.4 is 15.2 Å². The summed E-state index contributed by atoms with van der Waals surface area (Å²) in [6.45, 7) is 2.67. The van der Waals surface area contributed by atoms with E-state index in [1.54, 1.807) is 7.11 Å². The van der Waals surface area contributed by atoms with Crippen LogP contribution in [0.5, 0.6) is 11.5 Å². The van der Waals surface area contributed by atoms with Crippen LogP contribution in [0.4, 0.5) is 0 Å². The highest BCUT2D eigenvalue weighted by molar-refractivity contribution is 7.98. The Hall–Kier alpha value is -0.870. The first-order valence-corrected chi connectivity index (χ1v) is 7.13. The maximum Gasteiger partial charge on any atom is 0.161 e. The normalized spacial score (nSPS) is 12.2. The van der Waals surface area contributed by atoms with Crippen LogP contribution in [-0.2, 0) is 0 Å². The quantitative estimate of drug-likeness (QED) is 0.761. The predicted molar refractivity (Wildman–Crippen MR) is 74.1 cm³/mol. The van der Waals surface area contributed by atoms with Gasteiger partial charge in [0.1, 0.15) is 0 Å². The standard InChI is InChI=1S/C13H21NO2S/c1-10(14)11-5-6-12(13(9-11)15-2)16-7-4-8-17-3/h5-6,9-10H,4,7-8,14H2,1-3H3/t10-/m0/s1. The number of rotatable bonds is 7. The molecule has 17 heavy (non-hydrogen) atoms. The molecule has 0 fully saturated rings. The Bertz CT molecular complexity index is 342. The van der Waals surface area contributed by atoms with Gasteiger partial charge in [0.05, 0.1) is 13.7 Å². The molecule has 0 saturated heterocycles. The van der Waals surface area contributed by atoms with Crippen LogP contribution in [0.25, 0.3) is 0 Å². The van der Waals surface area contributed by atoms with E-state index in [1.165, 1.54) is 0 Å². The van der Waals surface area contributed by atoms with Crippen LogP contribution in [0.2, 0.25) is 0 Å². The Kier molecular flexibility index (Phi) is 6.22. The van der Waals surface area contributed by atoms with E-state index in [4.69, 9.17) is 15.2 Å². The Morgan fingerprint density at radius 3 is 2.71 bits per heavy atom. The monoisotopic (exact) mass is 255 g/mol. The first-order chi connectivity index (χ1) is 8.19. The fourth-order valence-electron chi connectivity index (χ4n) is 1.47. The van der Waals surface area contributed by atoms with E-state index in [0.29, 0.717) is 6.61 Å². The molecule has 0 amide bonds. The van der Waals surface area contributed by atoms with Crippen molar-refractivity contribution >= 4 is 11.8 Å². The van der Waals surface area contributed by atoms with Crippen molar-refractivity contribution in [1.29, 1.82) is 0 Å². The van der Waals surface area contributed by atoms with E-state index < -0.39 is 0 Å². The Balaban J connectivity index is 2.65. The lowest BCUT2D eigenvalue weighted by Gasteiger charge is -2.13. The lowest BCUT2D eigenvalue weighted by atomic mass is 10.1. The summed E-state index contributed by atoms with van der Waals surface area (Å²) in [4.78, 5) is 0. The topological polar surface area (TPSA) is 44.5 Å². The lowest BCUT2D eigenvalue weighted by molar-refractivity contribution is 0.295. The van der Waals surface area contributed by atoms with Crippen LogP contribution in [-0.4, -0.2) is 25.7 Å². The molecule has 1 aromatic carbocycles. The van der Waals surface area contributed by atoms with Crippen molar-refractivity contribution in [3.8, 4) is 11.5 Å². The first kappa shape index (κ1) is 14.2. The van der Waals surface area contributed by atoms with Crippen molar-refractivity contribution in [3.63, 3.8) is 0 Å².